The van der Waals surface area contributed by atoms with Gasteiger partial charge in [-0.3, -0.25) is 0 Å². The molecule has 0 radical (unpaired) electrons. The van der Waals surface area contributed by atoms with Gasteiger partial charge < -0.3 is 9.47 Å². The number of benzene rings is 4. The second-order valence-corrected chi connectivity index (χ2v) is 11.4. The van der Waals surface area contributed by atoms with Crippen molar-refractivity contribution in [1.29, 1.82) is 0 Å². The molecule has 39 heavy (non-hydrogen) atoms. The van der Waals surface area contributed by atoms with E-state index in [1.165, 1.54) is 55.6 Å². The Kier molecular flexibility index (Phi) is 8.65. The number of hydrogen-bond acceptors (Lipinski definition) is 2. The summed E-state index contributed by atoms with van der Waals surface area (Å²) in [5, 5.41) is 0. The van der Waals surface area contributed by atoms with E-state index in [1.54, 1.807) is 0 Å². The molecule has 0 N–H and O–H groups in total. The van der Waals surface area contributed by atoms with E-state index in [1.807, 2.05) is 0 Å². The van der Waals surface area contributed by atoms with Crippen LogP contribution in [0.5, 0.6) is 0 Å². The summed E-state index contributed by atoms with van der Waals surface area (Å²) in [5.74, 6) is 0.564. The van der Waals surface area contributed by atoms with Crippen molar-refractivity contribution in [2.24, 2.45) is 5.92 Å². The standard InChI is InChI=1S/C19H22O.C18H20O/c1-13(2)14(3)20-12-15-8-9-19-17(10-15)11-16-6-4-5-7-18(16)19;1-3-13(2)19-12-14-8-9-18-16(10-14)11-15-6-4-5-7-17(15)18/h4-10,13-14H,11-12H2,1-3H3;4-10,13H,3,11-12H2,1-2H3. The summed E-state index contributed by atoms with van der Waals surface area (Å²) in [4.78, 5) is 0. The maximum atomic E-state index is 5.93. The molecule has 0 spiro atoms. The maximum Gasteiger partial charge on any atom is 0.0720 e. The number of fused-ring (bicyclic) bond motifs is 6. The van der Waals surface area contributed by atoms with E-state index in [2.05, 4.69) is 120 Å². The zero-order valence-corrected chi connectivity index (χ0v) is 24.2. The molecule has 0 amide bonds. The van der Waals surface area contributed by atoms with Crippen LogP contribution >= 0.6 is 0 Å². The van der Waals surface area contributed by atoms with Gasteiger partial charge in [0.25, 0.3) is 0 Å². The first-order chi connectivity index (χ1) is 18.9. The van der Waals surface area contributed by atoms with Crippen LogP contribution in [0, 0.1) is 5.92 Å². The van der Waals surface area contributed by atoms with E-state index in [4.69, 9.17) is 9.47 Å². The predicted octanol–water partition coefficient (Wildman–Crippen LogP) is 9.39. The molecule has 0 fully saturated rings. The van der Waals surface area contributed by atoms with Crippen LogP contribution in [-0.2, 0) is 35.5 Å². The highest BCUT2D eigenvalue weighted by molar-refractivity contribution is 5.77. The summed E-state index contributed by atoms with van der Waals surface area (Å²) < 4.78 is 11.7. The lowest BCUT2D eigenvalue weighted by molar-refractivity contribution is 0.0235. The van der Waals surface area contributed by atoms with Crippen molar-refractivity contribution in [3.05, 3.63) is 118 Å². The molecule has 0 bridgehead atoms. The van der Waals surface area contributed by atoms with E-state index in [9.17, 15) is 0 Å². The first kappa shape index (κ1) is 27.4. The van der Waals surface area contributed by atoms with E-state index in [-0.39, 0.29) is 0 Å². The normalized spacial score (nSPS) is 14.1. The molecule has 2 nitrogen and oxygen atoms in total. The lowest BCUT2D eigenvalue weighted by atomic mass is 10.0. The summed E-state index contributed by atoms with van der Waals surface area (Å²) >= 11 is 0. The summed E-state index contributed by atoms with van der Waals surface area (Å²) in [7, 11) is 0. The molecule has 2 aliphatic carbocycles. The molecule has 2 atom stereocenters. The third-order valence-electron chi connectivity index (χ3n) is 8.28. The highest BCUT2D eigenvalue weighted by atomic mass is 16.5. The number of ether oxygens (including phenoxy) is 2. The van der Waals surface area contributed by atoms with E-state index in [0.29, 0.717) is 24.7 Å². The van der Waals surface area contributed by atoms with Crippen molar-refractivity contribution in [2.75, 3.05) is 0 Å². The molecule has 4 aromatic carbocycles. The quantitative estimate of drug-likeness (QED) is 0.200. The Balaban J connectivity index is 0.000000158. The van der Waals surface area contributed by atoms with Crippen LogP contribution in [0.4, 0.5) is 0 Å². The summed E-state index contributed by atoms with van der Waals surface area (Å²) in [5.41, 5.74) is 13.9. The Morgan fingerprint density at radius 2 is 1.03 bits per heavy atom. The number of rotatable bonds is 8. The fourth-order valence-electron chi connectivity index (χ4n) is 5.35. The lowest BCUT2D eigenvalue weighted by Crippen LogP contribution is -2.15. The highest BCUT2D eigenvalue weighted by Gasteiger charge is 2.19. The van der Waals surface area contributed by atoms with Crippen LogP contribution in [0.15, 0.2) is 84.9 Å². The van der Waals surface area contributed by atoms with Gasteiger partial charge in [0.05, 0.1) is 25.4 Å². The van der Waals surface area contributed by atoms with Gasteiger partial charge in [0.15, 0.2) is 0 Å². The van der Waals surface area contributed by atoms with Gasteiger partial charge in [-0.2, -0.15) is 0 Å². The molecule has 0 aliphatic heterocycles. The topological polar surface area (TPSA) is 18.5 Å². The molecule has 202 valence electrons. The fourth-order valence-corrected chi connectivity index (χ4v) is 5.35. The van der Waals surface area contributed by atoms with Gasteiger partial charge in [0.2, 0.25) is 0 Å². The Morgan fingerprint density at radius 3 is 1.51 bits per heavy atom. The van der Waals surface area contributed by atoms with Crippen LogP contribution in [0.25, 0.3) is 22.3 Å². The maximum absolute atomic E-state index is 5.93. The van der Waals surface area contributed by atoms with E-state index < -0.39 is 0 Å². The lowest BCUT2D eigenvalue weighted by Gasteiger charge is -2.16. The minimum Gasteiger partial charge on any atom is -0.374 e. The first-order valence-electron chi connectivity index (χ1n) is 14.6. The Bertz CT molecular complexity index is 1420. The summed E-state index contributed by atoms with van der Waals surface area (Å²) in [6, 6.07) is 30.9. The van der Waals surface area contributed by atoms with Crippen molar-refractivity contribution in [3.8, 4) is 22.3 Å². The van der Waals surface area contributed by atoms with Crippen molar-refractivity contribution in [3.63, 3.8) is 0 Å². The molecule has 0 saturated carbocycles. The smallest absolute Gasteiger partial charge is 0.0720 e. The first-order valence-corrected chi connectivity index (χ1v) is 14.6. The van der Waals surface area contributed by atoms with E-state index in [0.717, 1.165) is 25.9 Å². The molecular formula is C37H42O2. The van der Waals surface area contributed by atoms with Gasteiger partial charge in [0.1, 0.15) is 0 Å². The van der Waals surface area contributed by atoms with Gasteiger partial charge in [-0.1, -0.05) is 106 Å². The van der Waals surface area contributed by atoms with Gasteiger partial charge >= 0.3 is 0 Å². The molecule has 2 heteroatoms. The third kappa shape index (κ3) is 6.35. The molecular weight excluding hydrogens is 476 g/mol. The monoisotopic (exact) mass is 518 g/mol. The van der Waals surface area contributed by atoms with Gasteiger partial charge in [-0.25, -0.2) is 0 Å². The molecule has 0 heterocycles. The largest absolute Gasteiger partial charge is 0.374 e. The average Bonchev–Trinajstić information content (AvgIpc) is 3.52. The summed E-state index contributed by atoms with van der Waals surface area (Å²) in [6.07, 6.45) is 3.82. The highest BCUT2D eigenvalue weighted by Crippen LogP contribution is 2.38. The zero-order valence-electron chi connectivity index (χ0n) is 24.2. The SMILES string of the molecule is CC(C)C(C)OCc1ccc2c(c1)Cc1ccccc1-2.CCC(C)OCc1ccc2c(c1)Cc1ccccc1-2. The van der Waals surface area contributed by atoms with Crippen molar-refractivity contribution < 1.29 is 9.47 Å². The van der Waals surface area contributed by atoms with Crippen molar-refractivity contribution in [2.45, 2.75) is 79.3 Å². The second kappa shape index (κ2) is 12.3. The molecule has 6 rings (SSSR count). The Hall–Kier alpha value is -3.20. The molecule has 2 unspecified atom stereocenters. The Labute approximate surface area is 235 Å². The summed E-state index contributed by atoms with van der Waals surface area (Å²) in [6.45, 7) is 12.3. The second-order valence-electron chi connectivity index (χ2n) is 11.4. The molecule has 0 aromatic heterocycles. The fraction of sp³-hybridized carbons (Fsp3) is 0.351. The van der Waals surface area contributed by atoms with Crippen LogP contribution in [-0.4, -0.2) is 12.2 Å². The van der Waals surface area contributed by atoms with Gasteiger partial charge in [-0.05, 0) is 94.7 Å². The van der Waals surface area contributed by atoms with Gasteiger partial charge in [-0.15, -0.1) is 0 Å². The van der Waals surface area contributed by atoms with Crippen LogP contribution in [0.2, 0.25) is 0 Å². The molecule has 2 aliphatic rings. The van der Waals surface area contributed by atoms with Crippen molar-refractivity contribution in [1.82, 2.24) is 0 Å². The predicted molar refractivity (Wildman–Crippen MR) is 163 cm³/mol. The average molecular weight is 519 g/mol. The van der Waals surface area contributed by atoms with Crippen molar-refractivity contribution >= 4 is 0 Å². The Morgan fingerprint density at radius 1 is 0.564 bits per heavy atom. The van der Waals surface area contributed by atoms with Crippen LogP contribution in [0.1, 0.15) is 74.4 Å². The van der Waals surface area contributed by atoms with Crippen LogP contribution < -0.4 is 0 Å². The number of hydrogen-bond donors (Lipinski definition) is 0. The molecule has 4 aromatic rings. The third-order valence-corrected chi connectivity index (χ3v) is 8.28. The zero-order chi connectivity index (χ0) is 27.4. The van der Waals surface area contributed by atoms with Gasteiger partial charge in [0, 0.05) is 0 Å². The van der Waals surface area contributed by atoms with E-state index >= 15 is 0 Å². The van der Waals surface area contributed by atoms with Crippen LogP contribution in [0.3, 0.4) is 0 Å². The minimum absolute atomic E-state index is 0.306. The minimum atomic E-state index is 0.306. The molecule has 0 saturated heterocycles.